The Hall–Kier alpha value is -3.21. The summed E-state index contributed by atoms with van der Waals surface area (Å²) in [6.45, 7) is 1.96. The summed E-state index contributed by atoms with van der Waals surface area (Å²) in [5.41, 5.74) is 2.06. The van der Waals surface area contributed by atoms with Gasteiger partial charge in [-0.05, 0) is 42.3 Å². The molecule has 0 radical (unpaired) electrons. The van der Waals surface area contributed by atoms with Crippen LogP contribution in [0.1, 0.15) is 29.8 Å². The van der Waals surface area contributed by atoms with E-state index >= 15 is 0 Å². The molecule has 0 amide bonds. The Morgan fingerprint density at radius 2 is 1.29 bits per heavy atom. The number of hydrogen-bond donors (Lipinski definition) is 0. The molecule has 9 nitrogen and oxygen atoms in total. The van der Waals surface area contributed by atoms with Crippen molar-refractivity contribution in [2.45, 2.75) is 31.4 Å². The monoisotopic (exact) mass is 501 g/mol. The van der Waals surface area contributed by atoms with Gasteiger partial charge in [0.15, 0.2) is 0 Å². The van der Waals surface area contributed by atoms with Crippen LogP contribution in [0.2, 0.25) is 0 Å². The minimum absolute atomic E-state index is 0.174. The Morgan fingerprint density at radius 1 is 0.771 bits per heavy atom. The second-order valence-corrected chi connectivity index (χ2v) is 10.1. The Balaban J connectivity index is 1.93. The molecule has 0 saturated carbocycles. The smallest absolute Gasteiger partial charge is 0.231 e. The molecule has 188 valence electrons. The quantitative estimate of drug-likeness (QED) is 0.371. The van der Waals surface area contributed by atoms with E-state index in [2.05, 4.69) is 9.97 Å². The first-order chi connectivity index (χ1) is 16.8. The topological polar surface area (TPSA) is 100 Å². The number of ether oxygens (including phenoxy) is 4. The molecule has 0 aliphatic rings. The van der Waals surface area contributed by atoms with Gasteiger partial charge in [-0.1, -0.05) is 24.3 Å². The van der Waals surface area contributed by atoms with Crippen molar-refractivity contribution in [3.63, 3.8) is 0 Å². The first kappa shape index (κ1) is 26.4. The number of methoxy groups -OCH3 is 4. The molecule has 0 unspecified atom stereocenters. The zero-order chi connectivity index (χ0) is 25.4. The van der Waals surface area contributed by atoms with E-state index in [1.54, 1.807) is 21.1 Å². The van der Waals surface area contributed by atoms with E-state index < -0.39 is 21.4 Å². The lowest BCUT2D eigenvalue weighted by Crippen LogP contribution is -2.40. The largest absolute Gasteiger partial charge is 0.497 e. The highest BCUT2D eigenvalue weighted by Crippen LogP contribution is 2.29. The highest BCUT2D eigenvalue weighted by atomic mass is 32.2. The van der Waals surface area contributed by atoms with Crippen LogP contribution in [0.4, 0.5) is 0 Å². The van der Waals surface area contributed by atoms with Gasteiger partial charge in [0.2, 0.25) is 15.9 Å². The van der Waals surface area contributed by atoms with Gasteiger partial charge in [-0.25, -0.2) is 13.4 Å². The van der Waals surface area contributed by atoms with Crippen LogP contribution in [-0.4, -0.2) is 56.4 Å². The molecule has 0 N–H and O–H groups in total. The van der Waals surface area contributed by atoms with Crippen LogP contribution in [0.15, 0.2) is 60.9 Å². The van der Waals surface area contributed by atoms with E-state index in [0.29, 0.717) is 23.1 Å². The minimum atomic E-state index is -3.86. The lowest BCUT2D eigenvalue weighted by Gasteiger charge is -2.29. The maximum Gasteiger partial charge on any atom is 0.231 e. The summed E-state index contributed by atoms with van der Waals surface area (Å²) in [7, 11) is 2.26. The van der Waals surface area contributed by atoms with Gasteiger partial charge in [0.1, 0.15) is 22.9 Å². The standard InChI is InChI=1S/C25H31N3O6S/c1-18(25(34-5)23-14-27-24(33-4)15-26-23)35(29,30)28(16-19-6-10-21(31-2)11-7-19)17-20-8-12-22(32-3)13-9-20/h6-15,18,25H,16-17H2,1-5H3/t18-,25-/m0/s1. The molecule has 2 aromatic carbocycles. The third-order valence-electron chi connectivity index (χ3n) is 5.69. The summed E-state index contributed by atoms with van der Waals surface area (Å²) >= 11 is 0. The maximum atomic E-state index is 13.9. The van der Waals surface area contributed by atoms with Crippen molar-refractivity contribution in [2.75, 3.05) is 28.4 Å². The summed E-state index contributed by atoms with van der Waals surface area (Å²) in [4.78, 5) is 8.44. The van der Waals surface area contributed by atoms with E-state index in [-0.39, 0.29) is 13.1 Å². The molecule has 35 heavy (non-hydrogen) atoms. The molecule has 0 saturated heterocycles. The number of aromatic nitrogens is 2. The number of rotatable bonds is 12. The second kappa shape index (κ2) is 12.0. The fourth-order valence-corrected chi connectivity index (χ4v) is 5.32. The zero-order valence-corrected chi connectivity index (χ0v) is 21.4. The predicted octanol–water partition coefficient (Wildman–Crippen LogP) is 3.61. The molecule has 2 atom stereocenters. The van der Waals surface area contributed by atoms with Gasteiger partial charge in [0, 0.05) is 20.2 Å². The SMILES string of the molecule is COc1ccc(CN(Cc2ccc(OC)cc2)S(=O)(=O)[C@@H](C)[C@H](OC)c2cnc(OC)cn2)cc1. The highest BCUT2D eigenvalue weighted by Gasteiger charge is 2.36. The predicted molar refractivity (Wildman–Crippen MR) is 132 cm³/mol. The van der Waals surface area contributed by atoms with Crippen LogP contribution in [0.25, 0.3) is 0 Å². The van der Waals surface area contributed by atoms with Crippen molar-refractivity contribution in [3.05, 3.63) is 77.7 Å². The molecule has 3 aromatic rings. The molecule has 0 bridgehead atoms. The third kappa shape index (κ3) is 6.47. The van der Waals surface area contributed by atoms with Crippen molar-refractivity contribution in [1.29, 1.82) is 0 Å². The first-order valence-electron chi connectivity index (χ1n) is 11.0. The average Bonchev–Trinajstić information content (AvgIpc) is 2.89. The molecule has 3 rings (SSSR count). The highest BCUT2D eigenvalue weighted by molar-refractivity contribution is 7.89. The van der Waals surface area contributed by atoms with E-state index in [4.69, 9.17) is 18.9 Å². The molecule has 1 heterocycles. The van der Waals surface area contributed by atoms with Gasteiger partial charge in [0.25, 0.3) is 0 Å². The van der Waals surface area contributed by atoms with Gasteiger partial charge in [-0.15, -0.1) is 0 Å². The Morgan fingerprint density at radius 3 is 1.66 bits per heavy atom. The summed E-state index contributed by atoms with van der Waals surface area (Å²) in [5, 5.41) is -0.938. The van der Waals surface area contributed by atoms with Gasteiger partial charge in [0.05, 0.1) is 39.4 Å². The van der Waals surface area contributed by atoms with Crippen molar-refractivity contribution in [1.82, 2.24) is 14.3 Å². The number of benzene rings is 2. The van der Waals surface area contributed by atoms with Crippen molar-refractivity contribution < 1.29 is 27.4 Å². The molecule has 0 aliphatic heterocycles. The van der Waals surface area contributed by atoms with Crippen LogP contribution in [0.5, 0.6) is 17.4 Å². The normalized spacial score (nSPS) is 13.3. The number of sulfonamides is 1. The van der Waals surface area contributed by atoms with Gasteiger partial charge < -0.3 is 18.9 Å². The maximum absolute atomic E-state index is 13.9. The Labute approximate surface area is 206 Å². The fourth-order valence-electron chi connectivity index (χ4n) is 3.63. The first-order valence-corrected chi connectivity index (χ1v) is 12.5. The van der Waals surface area contributed by atoms with Crippen LogP contribution in [0, 0.1) is 0 Å². The lowest BCUT2D eigenvalue weighted by atomic mass is 10.2. The molecule has 1 aromatic heterocycles. The van der Waals surface area contributed by atoms with E-state index in [1.807, 2.05) is 48.5 Å². The summed E-state index contributed by atoms with van der Waals surface area (Å²) in [6.07, 6.45) is 2.08. The molecule has 0 fully saturated rings. The lowest BCUT2D eigenvalue weighted by molar-refractivity contribution is 0.0964. The molecular formula is C25H31N3O6S. The number of hydrogen-bond acceptors (Lipinski definition) is 8. The van der Waals surface area contributed by atoms with Crippen molar-refractivity contribution in [3.8, 4) is 17.4 Å². The molecule has 0 aliphatic carbocycles. The zero-order valence-electron chi connectivity index (χ0n) is 20.5. The molecule has 0 spiro atoms. The van der Waals surface area contributed by atoms with E-state index in [9.17, 15) is 8.42 Å². The fraction of sp³-hybridized carbons (Fsp3) is 0.360. The van der Waals surface area contributed by atoms with Crippen molar-refractivity contribution >= 4 is 10.0 Å². The van der Waals surface area contributed by atoms with Crippen LogP contribution in [-0.2, 0) is 27.8 Å². The molecular weight excluding hydrogens is 470 g/mol. The van der Waals surface area contributed by atoms with Crippen LogP contribution < -0.4 is 14.2 Å². The van der Waals surface area contributed by atoms with E-state index in [1.165, 1.54) is 30.9 Å². The minimum Gasteiger partial charge on any atom is -0.497 e. The third-order valence-corrected chi connectivity index (χ3v) is 7.86. The number of nitrogens with zero attached hydrogens (tertiary/aromatic N) is 3. The van der Waals surface area contributed by atoms with E-state index in [0.717, 1.165) is 11.1 Å². The second-order valence-electron chi connectivity index (χ2n) is 7.85. The van der Waals surface area contributed by atoms with Crippen molar-refractivity contribution in [2.24, 2.45) is 0 Å². The van der Waals surface area contributed by atoms with Gasteiger partial charge >= 0.3 is 0 Å². The van der Waals surface area contributed by atoms with Gasteiger partial charge in [-0.2, -0.15) is 4.31 Å². The Kier molecular flexibility index (Phi) is 9.02. The van der Waals surface area contributed by atoms with Crippen LogP contribution in [0.3, 0.4) is 0 Å². The summed E-state index contributed by atoms with van der Waals surface area (Å²) in [5.74, 6) is 1.73. The van der Waals surface area contributed by atoms with Gasteiger partial charge in [-0.3, -0.25) is 4.98 Å². The molecule has 10 heteroatoms. The summed E-state index contributed by atoms with van der Waals surface area (Å²) < 4.78 is 50.4. The van der Waals surface area contributed by atoms with Crippen LogP contribution >= 0.6 is 0 Å². The average molecular weight is 502 g/mol. The Bertz CT molecular complexity index is 1120. The summed E-state index contributed by atoms with van der Waals surface area (Å²) in [6, 6.07) is 14.6.